The van der Waals surface area contributed by atoms with Crippen molar-refractivity contribution in [1.29, 1.82) is 0 Å². The van der Waals surface area contributed by atoms with Crippen molar-refractivity contribution < 1.29 is 18.7 Å². The Morgan fingerprint density at radius 3 is 2.24 bits per heavy atom. The Bertz CT molecular complexity index is 1610. The summed E-state index contributed by atoms with van der Waals surface area (Å²) < 4.78 is 17.8. The monoisotopic (exact) mass is 552 g/mol. The number of nitrogens with zero attached hydrogens (tertiary/aromatic N) is 1. The summed E-state index contributed by atoms with van der Waals surface area (Å²) in [6, 6.07) is 23.5. The molecular formula is C34H36N2O5. The molecule has 1 aliphatic heterocycles. The molecule has 1 aromatic heterocycles. The minimum atomic E-state index is -0.571. The summed E-state index contributed by atoms with van der Waals surface area (Å²) in [5, 5.41) is 3.67. The van der Waals surface area contributed by atoms with Crippen LogP contribution in [0.25, 0.3) is 33.4 Å². The highest BCUT2D eigenvalue weighted by atomic mass is 16.6. The minimum Gasteiger partial charge on any atom is -0.453 e. The molecular weight excluding hydrogens is 516 g/mol. The third kappa shape index (κ3) is 5.34. The van der Waals surface area contributed by atoms with E-state index in [0.717, 1.165) is 54.7 Å². The van der Waals surface area contributed by atoms with E-state index in [1.165, 1.54) is 0 Å². The Balaban J connectivity index is 1.43. The zero-order valence-electron chi connectivity index (χ0n) is 23.9. The number of carbonyl (C=O) groups excluding carboxylic acids is 1. The molecule has 3 aromatic carbocycles. The van der Waals surface area contributed by atoms with Gasteiger partial charge >= 0.3 is 6.09 Å². The summed E-state index contributed by atoms with van der Waals surface area (Å²) in [5.41, 5.74) is 3.52. The molecule has 0 radical (unpaired) electrons. The first-order chi connectivity index (χ1) is 19.7. The largest absolute Gasteiger partial charge is 0.453 e. The number of rotatable bonds is 5. The lowest BCUT2D eigenvalue weighted by Gasteiger charge is -2.43. The maximum atomic E-state index is 14.2. The van der Waals surface area contributed by atoms with Crippen molar-refractivity contribution in [3.63, 3.8) is 0 Å². The number of ether oxygens (including phenoxy) is 2. The van der Waals surface area contributed by atoms with Crippen molar-refractivity contribution in [3.8, 4) is 22.5 Å². The molecule has 6 rings (SSSR count). The number of hydrogen-bond acceptors (Lipinski definition) is 6. The van der Waals surface area contributed by atoms with Gasteiger partial charge in [0.05, 0.1) is 35.4 Å². The zero-order chi connectivity index (χ0) is 28.6. The van der Waals surface area contributed by atoms with Gasteiger partial charge in [0.15, 0.2) is 5.58 Å². The van der Waals surface area contributed by atoms with Crippen LogP contribution < -0.4 is 15.6 Å². The fourth-order valence-corrected chi connectivity index (χ4v) is 5.78. The van der Waals surface area contributed by atoms with Crippen LogP contribution >= 0.6 is 0 Å². The summed E-state index contributed by atoms with van der Waals surface area (Å²) in [5.74, 6) is 0.543. The van der Waals surface area contributed by atoms with E-state index in [9.17, 15) is 9.59 Å². The van der Waals surface area contributed by atoms with E-state index >= 15 is 0 Å². The lowest BCUT2D eigenvalue weighted by molar-refractivity contribution is 0.0377. The van der Waals surface area contributed by atoms with Gasteiger partial charge in [0, 0.05) is 18.7 Å². The van der Waals surface area contributed by atoms with Crippen LogP contribution in [0.3, 0.4) is 0 Å². The molecule has 1 aliphatic carbocycles. The number of amides is 1. The first-order valence-corrected chi connectivity index (χ1v) is 14.3. The first-order valence-electron chi connectivity index (χ1n) is 14.3. The summed E-state index contributed by atoms with van der Waals surface area (Å²) >= 11 is 0. The highest BCUT2D eigenvalue weighted by Gasteiger charge is 2.41. The molecule has 1 saturated heterocycles. The highest BCUT2D eigenvalue weighted by molar-refractivity contribution is 5.95. The van der Waals surface area contributed by atoms with Gasteiger partial charge in [0.2, 0.25) is 5.43 Å². The molecule has 4 aromatic rings. The molecule has 7 heteroatoms. The molecule has 0 spiro atoms. The number of benzene rings is 3. The van der Waals surface area contributed by atoms with E-state index in [1.807, 2.05) is 93.6 Å². The summed E-state index contributed by atoms with van der Waals surface area (Å²) in [4.78, 5) is 29.1. The van der Waals surface area contributed by atoms with Crippen molar-refractivity contribution in [1.82, 2.24) is 5.32 Å². The molecule has 41 heavy (non-hydrogen) atoms. The molecule has 212 valence electrons. The molecule has 0 unspecified atom stereocenters. The van der Waals surface area contributed by atoms with Gasteiger partial charge in [0.1, 0.15) is 11.4 Å². The maximum Gasteiger partial charge on any atom is 0.408 e. The smallest absolute Gasteiger partial charge is 0.408 e. The predicted molar refractivity (Wildman–Crippen MR) is 161 cm³/mol. The second kappa shape index (κ2) is 10.7. The van der Waals surface area contributed by atoms with Gasteiger partial charge in [-0.3, -0.25) is 4.79 Å². The van der Waals surface area contributed by atoms with Gasteiger partial charge in [-0.1, -0.05) is 60.7 Å². The van der Waals surface area contributed by atoms with Crippen molar-refractivity contribution in [2.75, 3.05) is 31.2 Å². The molecule has 0 atom stereocenters. The standard InChI is InChI=1S/C34H36N2O5/c1-33(2,3)41-32(38)35-34(17-8-18-34)25-15-13-23(14-16-25)28-29(37)26-11-7-12-27(36-19-21-39-22-20-36)31(26)40-30(28)24-9-5-4-6-10-24/h4-7,9-16H,8,17-22H2,1-3H3,(H,35,38). The van der Waals surface area contributed by atoms with E-state index in [0.29, 0.717) is 35.5 Å². The van der Waals surface area contributed by atoms with E-state index in [-0.39, 0.29) is 5.43 Å². The Hall–Kier alpha value is -4.10. The summed E-state index contributed by atoms with van der Waals surface area (Å²) in [6.07, 6.45) is 2.28. The average molecular weight is 553 g/mol. The SMILES string of the molecule is CC(C)(C)OC(=O)NC1(c2ccc(-c3c(-c4ccccc4)oc4c(N5CCOCC5)cccc4c3=O)cc2)CCC1. The van der Waals surface area contributed by atoms with Crippen LogP contribution in [0.15, 0.2) is 82.0 Å². The second-order valence-electron chi connectivity index (χ2n) is 11.9. The Morgan fingerprint density at radius 1 is 0.902 bits per heavy atom. The Morgan fingerprint density at radius 2 is 1.61 bits per heavy atom. The van der Waals surface area contributed by atoms with Crippen molar-refractivity contribution in [2.45, 2.75) is 51.2 Å². The number of carbonyl (C=O) groups is 1. The number of hydrogen-bond donors (Lipinski definition) is 1. The van der Waals surface area contributed by atoms with Crippen LogP contribution in [0.2, 0.25) is 0 Å². The zero-order valence-corrected chi connectivity index (χ0v) is 23.9. The van der Waals surface area contributed by atoms with E-state index in [2.05, 4.69) is 10.2 Å². The van der Waals surface area contributed by atoms with Crippen LogP contribution in [0.4, 0.5) is 10.5 Å². The highest BCUT2D eigenvalue weighted by Crippen LogP contribution is 2.43. The van der Waals surface area contributed by atoms with Crippen LogP contribution in [-0.2, 0) is 15.0 Å². The predicted octanol–water partition coefficient (Wildman–Crippen LogP) is 6.87. The Kier molecular flexibility index (Phi) is 7.08. The topological polar surface area (TPSA) is 81.0 Å². The lowest BCUT2D eigenvalue weighted by atomic mass is 9.71. The van der Waals surface area contributed by atoms with Crippen molar-refractivity contribution in [3.05, 3.63) is 88.6 Å². The molecule has 0 bridgehead atoms. The molecule has 7 nitrogen and oxygen atoms in total. The molecule has 2 aliphatic rings. The molecule has 2 fully saturated rings. The van der Waals surface area contributed by atoms with Gasteiger partial charge in [-0.25, -0.2) is 4.79 Å². The van der Waals surface area contributed by atoms with Gasteiger partial charge in [-0.05, 0) is 63.3 Å². The van der Waals surface area contributed by atoms with Gasteiger partial charge in [-0.2, -0.15) is 0 Å². The van der Waals surface area contributed by atoms with Crippen molar-refractivity contribution in [2.24, 2.45) is 0 Å². The molecule has 1 saturated carbocycles. The quantitative estimate of drug-likeness (QED) is 0.291. The number of para-hydroxylation sites is 1. The number of fused-ring (bicyclic) bond motifs is 1. The average Bonchev–Trinajstić information content (AvgIpc) is 2.95. The van der Waals surface area contributed by atoms with Crippen LogP contribution in [0, 0.1) is 0 Å². The lowest BCUT2D eigenvalue weighted by Crippen LogP contribution is -2.52. The van der Waals surface area contributed by atoms with E-state index in [4.69, 9.17) is 13.9 Å². The van der Waals surface area contributed by atoms with Crippen LogP contribution in [0.5, 0.6) is 0 Å². The van der Waals surface area contributed by atoms with Crippen LogP contribution in [-0.4, -0.2) is 38.0 Å². The minimum absolute atomic E-state index is 0.0711. The van der Waals surface area contributed by atoms with E-state index < -0.39 is 17.2 Å². The van der Waals surface area contributed by atoms with Gasteiger partial charge < -0.3 is 24.1 Å². The van der Waals surface area contributed by atoms with Crippen LogP contribution in [0.1, 0.15) is 45.6 Å². The number of alkyl carbamates (subject to hydrolysis) is 1. The first kappa shape index (κ1) is 27.1. The number of morpholine rings is 1. The molecule has 2 heterocycles. The van der Waals surface area contributed by atoms with E-state index in [1.54, 1.807) is 0 Å². The maximum absolute atomic E-state index is 14.2. The third-order valence-electron chi connectivity index (χ3n) is 7.96. The molecule has 1 amide bonds. The number of anilines is 1. The van der Waals surface area contributed by atoms with Gasteiger partial charge in [-0.15, -0.1) is 0 Å². The normalized spacial score (nSPS) is 16.7. The van der Waals surface area contributed by atoms with Crippen molar-refractivity contribution >= 4 is 22.7 Å². The fourth-order valence-electron chi connectivity index (χ4n) is 5.78. The molecule has 1 N–H and O–H groups in total. The summed E-state index contributed by atoms with van der Waals surface area (Å²) in [6.45, 7) is 8.34. The fraction of sp³-hybridized carbons (Fsp3) is 0.353. The number of nitrogens with one attached hydrogen (secondary N) is 1. The summed E-state index contributed by atoms with van der Waals surface area (Å²) in [7, 11) is 0. The Labute approximate surface area is 240 Å². The second-order valence-corrected chi connectivity index (χ2v) is 11.9. The third-order valence-corrected chi connectivity index (χ3v) is 7.96. The van der Waals surface area contributed by atoms with Gasteiger partial charge in [0.25, 0.3) is 0 Å².